The molecule has 1 aliphatic rings. The molecule has 0 amide bonds. The van der Waals surface area contributed by atoms with Crippen molar-refractivity contribution in [1.29, 1.82) is 0 Å². The molecule has 2 aromatic heterocycles. The molecule has 1 saturated heterocycles. The summed E-state index contributed by atoms with van der Waals surface area (Å²) in [6.45, 7) is 4.54. The van der Waals surface area contributed by atoms with Crippen molar-refractivity contribution in [2.24, 2.45) is 5.28 Å². The van der Waals surface area contributed by atoms with Crippen LogP contribution in [0.4, 0.5) is 0 Å². The highest BCUT2D eigenvalue weighted by Crippen LogP contribution is 2.30. The molecular weight excluding hydrogens is 586 g/mol. The molecular formula is C30H36ClN9O4. The van der Waals surface area contributed by atoms with Gasteiger partial charge in [0.1, 0.15) is 5.82 Å². The van der Waals surface area contributed by atoms with E-state index in [2.05, 4.69) is 37.8 Å². The molecule has 1 atom stereocenters. The maximum absolute atomic E-state index is 13.2. The van der Waals surface area contributed by atoms with E-state index >= 15 is 0 Å². The molecule has 1 fully saturated rings. The Morgan fingerprint density at radius 1 is 1.16 bits per heavy atom. The molecule has 0 bridgehead atoms. The molecule has 0 radical (unpaired) electrons. The average molecular weight is 622 g/mol. The minimum atomic E-state index is -0.715. The zero-order chi connectivity index (χ0) is 30.9. The van der Waals surface area contributed by atoms with E-state index in [0.29, 0.717) is 36.1 Å². The highest BCUT2D eigenvalue weighted by atomic mass is 35.5. The highest BCUT2D eigenvalue weighted by molar-refractivity contribution is 6.32. The smallest absolute Gasteiger partial charge is 0.361 e. The van der Waals surface area contributed by atoms with Crippen LogP contribution in [-0.4, -0.2) is 65.5 Å². The maximum Gasteiger partial charge on any atom is 0.361 e. The minimum absolute atomic E-state index is 0.0493. The van der Waals surface area contributed by atoms with Gasteiger partial charge in [-0.1, -0.05) is 80.4 Å². The second kappa shape index (κ2) is 14.8. The summed E-state index contributed by atoms with van der Waals surface area (Å²) in [5, 5.41) is 32.1. The van der Waals surface area contributed by atoms with Crippen LogP contribution in [0.25, 0.3) is 22.5 Å². The van der Waals surface area contributed by atoms with Crippen LogP contribution < -0.4 is 0 Å². The van der Waals surface area contributed by atoms with E-state index in [-0.39, 0.29) is 16.9 Å². The molecule has 1 aliphatic heterocycles. The van der Waals surface area contributed by atoms with Gasteiger partial charge < -0.3 is 19.3 Å². The van der Waals surface area contributed by atoms with Crippen LogP contribution in [0.5, 0.6) is 0 Å². The number of ether oxygens (including phenoxy) is 1. The third-order valence-corrected chi connectivity index (χ3v) is 7.99. The number of piperidine rings is 1. The first kappa shape index (κ1) is 30.9. The number of H-pyrrole nitrogens is 1. The van der Waals surface area contributed by atoms with Gasteiger partial charge in [-0.2, -0.15) is 5.21 Å². The molecule has 232 valence electrons. The molecule has 14 heteroatoms. The molecule has 0 spiro atoms. The number of hydrogen-bond acceptors (Lipinski definition) is 9. The zero-order valence-electron chi connectivity index (χ0n) is 24.9. The number of unbranched alkanes of at least 4 members (excludes halogenated alkanes) is 1. The van der Waals surface area contributed by atoms with Crippen molar-refractivity contribution in [3.63, 3.8) is 0 Å². The van der Waals surface area contributed by atoms with Crippen molar-refractivity contribution in [2.45, 2.75) is 71.4 Å². The number of aromatic amines is 1. The number of hydrogen-bond donors (Lipinski definition) is 1. The molecule has 13 nitrogen and oxygen atoms in total. The number of rotatable bonds is 13. The Balaban J connectivity index is 1.30. The predicted molar refractivity (Wildman–Crippen MR) is 162 cm³/mol. The van der Waals surface area contributed by atoms with E-state index < -0.39 is 12.8 Å². The number of imidazole rings is 1. The number of carbonyl (C=O) groups excluding carboxylic acids is 1. The number of halogens is 1. The summed E-state index contributed by atoms with van der Waals surface area (Å²) >= 11 is 6.48. The lowest BCUT2D eigenvalue weighted by molar-refractivity contribution is -0.721. The molecule has 3 heterocycles. The molecule has 44 heavy (non-hydrogen) atoms. The first-order valence-electron chi connectivity index (χ1n) is 14.9. The lowest BCUT2D eigenvalue weighted by atomic mass is 9.98. The van der Waals surface area contributed by atoms with Gasteiger partial charge in [0.2, 0.25) is 11.1 Å². The summed E-state index contributed by atoms with van der Waals surface area (Å²) in [5.41, 5.74) is 3.86. The lowest BCUT2D eigenvalue weighted by Gasteiger charge is -2.30. The van der Waals surface area contributed by atoms with Gasteiger partial charge >= 0.3 is 5.97 Å². The van der Waals surface area contributed by atoms with Crippen LogP contribution in [0.1, 0.15) is 74.2 Å². The molecule has 2 aromatic carbocycles. The van der Waals surface area contributed by atoms with Crippen LogP contribution in [0.3, 0.4) is 0 Å². The molecule has 1 N–H and O–H groups in total. The van der Waals surface area contributed by atoms with E-state index in [1.54, 1.807) is 9.58 Å². The van der Waals surface area contributed by atoms with Gasteiger partial charge in [-0.15, -0.1) is 15.2 Å². The van der Waals surface area contributed by atoms with E-state index in [1.807, 2.05) is 55.5 Å². The van der Waals surface area contributed by atoms with Crippen LogP contribution >= 0.6 is 11.6 Å². The normalized spacial score (nSPS) is 15.4. The van der Waals surface area contributed by atoms with Crippen LogP contribution in [0.2, 0.25) is 5.15 Å². The SMILES string of the molecule is CCCCc1nc(Cl)c(C(=O)OCO/N=[N+](\[O-])N2CCCCC2CC)n1Cc1ccc(-c2ccccc2-c2nn[nH]n2)cc1. The fourth-order valence-corrected chi connectivity index (χ4v) is 5.71. The van der Waals surface area contributed by atoms with E-state index in [4.69, 9.17) is 21.2 Å². The molecule has 5 rings (SSSR count). The average Bonchev–Trinajstić information content (AvgIpc) is 3.70. The Labute approximate surface area is 260 Å². The summed E-state index contributed by atoms with van der Waals surface area (Å²) in [4.78, 5) is 23.2. The summed E-state index contributed by atoms with van der Waals surface area (Å²) in [7, 11) is 0. The predicted octanol–water partition coefficient (Wildman–Crippen LogP) is 5.96. The number of benzene rings is 2. The van der Waals surface area contributed by atoms with Crippen molar-refractivity contribution < 1.29 is 19.3 Å². The van der Waals surface area contributed by atoms with Crippen molar-refractivity contribution in [1.82, 2.24) is 35.2 Å². The Hall–Kier alpha value is -4.52. The summed E-state index contributed by atoms with van der Waals surface area (Å²) in [5.74, 6) is 0.480. The van der Waals surface area contributed by atoms with Gasteiger partial charge in [-0.25, -0.2) is 9.78 Å². The number of esters is 1. The van der Waals surface area contributed by atoms with Gasteiger partial charge in [0.25, 0.3) is 6.79 Å². The van der Waals surface area contributed by atoms with Gasteiger partial charge in [0, 0.05) is 18.5 Å². The highest BCUT2D eigenvalue weighted by Gasteiger charge is 2.28. The monoisotopic (exact) mass is 621 g/mol. The Kier molecular flexibility index (Phi) is 10.4. The number of carbonyl (C=O) groups is 1. The first-order valence-corrected chi connectivity index (χ1v) is 15.3. The third-order valence-electron chi connectivity index (χ3n) is 7.73. The van der Waals surface area contributed by atoms with E-state index in [1.165, 1.54) is 0 Å². The number of nitrogens with one attached hydrogen (secondary N) is 1. The fourth-order valence-electron chi connectivity index (χ4n) is 5.43. The number of hydrazine groups is 1. The first-order chi connectivity index (χ1) is 21.5. The number of aryl methyl sites for hydroxylation is 1. The third kappa shape index (κ3) is 7.16. The van der Waals surface area contributed by atoms with Crippen molar-refractivity contribution in [3.8, 4) is 22.5 Å². The number of aromatic nitrogens is 6. The van der Waals surface area contributed by atoms with Gasteiger partial charge in [-0.3, -0.25) is 0 Å². The lowest BCUT2D eigenvalue weighted by Crippen LogP contribution is -2.43. The molecule has 1 unspecified atom stereocenters. The summed E-state index contributed by atoms with van der Waals surface area (Å²) in [6.07, 6.45) is 6.24. The Morgan fingerprint density at radius 2 is 1.95 bits per heavy atom. The van der Waals surface area contributed by atoms with Gasteiger partial charge in [0.05, 0.1) is 17.6 Å². The van der Waals surface area contributed by atoms with Crippen molar-refractivity contribution in [2.75, 3.05) is 13.3 Å². The second-order valence-electron chi connectivity index (χ2n) is 10.6. The second-order valence-corrected chi connectivity index (χ2v) is 10.9. The Bertz CT molecular complexity index is 1560. The van der Waals surface area contributed by atoms with Crippen LogP contribution in [0, 0.1) is 5.21 Å². The number of nitrogens with zero attached hydrogens (tertiary/aromatic N) is 8. The van der Waals surface area contributed by atoms with E-state index in [0.717, 1.165) is 60.8 Å². The molecule has 0 aliphatic carbocycles. The number of tetrazole rings is 1. The van der Waals surface area contributed by atoms with Gasteiger partial charge in [-0.05, 0) is 54.0 Å². The van der Waals surface area contributed by atoms with E-state index in [9.17, 15) is 10.0 Å². The maximum atomic E-state index is 13.2. The van der Waals surface area contributed by atoms with Crippen molar-refractivity contribution >= 4 is 17.6 Å². The topological polar surface area (TPSA) is 149 Å². The quantitative estimate of drug-likeness (QED) is 0.0476. The zero-order valence-corrected chi connectivity index (χ0v) is 25.6. The standard InChI is InChI=1S/C30H36ClN9O4/c1-3-5-13-26-32-28(31)27(30(41)43-20-44-37-40(42)39-18-9-8-10-23(39)4-2)38(26)19-21-14-16-22(17-15-21)24-11-6-7-12-25(24)29-33-35-36-34-29/h6-7,11-12,14-17,23H,3-5,8-10,13,18-20H2,1-2H3,(H,33,34,35,36)/b40-37-. The summed E-state index contributed by atoms with van der Waals surface area (Å²) < 4.78 is 7.09. The largest absolute Gasteiger partial charge is 0.569 e. The minimum Gasteiger partial charge on any atom is -0.569 e. The summed E-state index contributed by atoms with van der Waals surface area (Å²) in [6, 6.07) is 15.9. The van der Waals surface area contributed by atoms with Crippen LogP contribution in [-0.2, 0) is 22.5 Å². The molecule has 0 saturated carbocycles. The fraction of sp³-hybridized carbons (Fsp3) is 0.433. The van der Waals surface area contributed by atoms with Crippen LogP contribution in [0.15, 0.2) is 53.8 Å². The van der Waals surface area contributed by atoms with Crippen molar-refractivity contribution in [3.05, 3.63) is 76.0 Å². The molecule has 4 aromatic rings. The van der Waals surface area contributed by atoms with Gasteiger partial charge in [0.15, 0.2) is 10.8 Å². The Morgan fingerprint density at radius 3 is 2.68 bits per heavy atom.